The number of aromatic nitrogens is 3. The van der Waals surface area contributed by atoms with Gasteiger partial charge in [-0.2, -0.15) is 0 Å². The van der Waals surface area contributed by atoms with Crippen molar-refractivity contribution in [2.24, 2.45) is 0 Å². The summed E-state index contributed by atoms with van der Waals surface area (Å²) in [6, 6.07) is 6.17. The molecule has 3 rings (SSSR count). The van der Waals surface area contributed by atoms with Crippen LogP contribution in [0.25, 0.3) is 0 Å². The van der Waals surface area contributed by atoms with E-state index in [2.05, 4.69) is 20.9 Å². The number of rotatable bonds is 7. The third-order valence-corrected chi connectivity index (χ3v) is 4.49. The molecule has 0 bridgehead atoms. The minimum atomic E-state index is -0.294. The highest BCUT2D eigenvalue weighted by molar-refractivity contribution is 5.93. The predicted octanol–water partition coefficient (Wildman–Crippen LogP) is 1.85. The number of hydrogen-bond acceptors (Lipinski definition) is 5. The van der Waals surface area contributed by atoms with Crippen LogP contribution in [0.3, 0.4) is 0 Å². The molecule has 0 aliphatic carbocycles. The molecular weight excluding hydrogens is 337 g/mol. The summed E-state index contributed by atoms with van der Waals surface area (Å²) in [6.07, 6.45) is 2.63. The second-order valence-corrected chi connectivity index (χ2v) is 6.36. The fourth-order valence-electron chi connectivity index (χ4n) is 3.03. The number of carbonyl (C=O) groups is 1. The number of carbonyl (C=O) groups excluding carboxylic acids is 1. The van der Waals surface area contributed by atoms with Crippen molar-refractivity contribution < 1.29 is 13.9 Å². The highest BCUT2D eigenvalue weighted by Gasteiger charge is 2.22. The van der Waals surface area contributed by atoms with E-state index in [9.17, 15) is 9.18 Å². The highest BCUT2D eigenvalue weighted by atomic mass is 19.1. The van der Waals surface area contributed by atoms with E-state index in [-0.39, 0.29) is 11.7 Å². The van der Waals surface area contributed by atoms with Crippen LogP contribution >= 0.6 is 0 Å². The van der Waals surface area contributed by atoms with Gasteiger partial charge >= 0.3 is 0 Å². The Bertz CT molecular complexity index is 726. The van der Waals surface area contributed by atoms with E-state index in [1.165, 1.54) is 12.1 Å². The number of amides is 1. The van der Waals surface area contributed by atoms with Gasteiger partial charge in [0.25, 0.3) is 5.91 Å². The molecule has 0 spiro atoms. The monoisotopic (exact) mass is 361 g/mol. The zero-order valence-electron chi connectivity index (χ0n) is 14.9. The van der Waals surface area contributed by atoms with Gasteiger partial charge in [-0.05, 0) is 63.5 Å². The van der Waals surface area contributed by atoms with Gasteiger partial charge < -0.3 is 15.4 Å². The number of ether oxygens (including phenoxy) is 1. The third-order valence-electron chi connectivity index (χ3n) is 4.49. The molecule has 0 saturated carbocycles. The topological polar surface area (TPSA) is 81.1 Å². The van der Waals surface area contributed by atoms with Crippen molar-refractivity contribution in [1.29, 1.82) is 0 Å². The molecule has 1 aromatic carbocycles. The Morgan fingerprint density at radius 3 is 2.81 bits per heavy atom. The van der Waals surface area contributed by atoms with Crippen molar-refractivity contribution in [3.8, 4) is 5.75 Å². The molecule has 0 unspecified atom stereocenters. The lowest BCUT2D eigenvalue weighted by Gasteiger charge is -2.23. The summed E-state index contributed by atoms with van der Waals surface area (Å²) in [7, 11) is 0. The molecule has 0 atom stereocenters. The summed E-state index contributed by atoms with van der Waals surface area (Å²) in [5.74, 6) is 0.0977. The normalized spacial score (nSPS) is 15.0. The van der Waals surface area contributed by atoms with Crippen LogP contribution in [0.15, 0.2) is 24.3 Å². The van der Waals surface area contributed by atoms with Crippen LogP contribution in [-0.2, 0) is 0 Å². The van der Waals surface area contributed by atoms with Gasteiger partial charge in [-0.15, -0.1) is 5.10 Å². The van der Waals surface area contributed by atoms with Crippen LogP contribution in [0, 0.1) is 12.7 Å². The molecule has 26 heavy (non-hydrogen) atoms. The van der Waals surface area contributed by atoms with Crippen molar-refractivity contribution in [2.45, 2.75) is 32.2 Å². The molecule has 2 aromatic rings. The lowest BCUT2D eigenvalue weighted by atomic mass is 10.1. The smallest absolute Gasteiger partial charge is 0.273 e. The van der Waals surface area contributed by atoms with Crippen LogP contribution in [-0.4, -0.2) is 47.1 Å². The average Bonchev–Trinajstić information content (AvgIpc) is 3.05. The first-order valence-corrected chi connectivity index (χ1v) is 8.94. The lowest BCUT2D eigenvalue weighted by molar-refractivity contribution is 0.0945. The fourth-order valence-corrected chi connectivity index (χ4v) is 3.03. The Hall–Kier alpha value is -2.48. The summed E-state index contributed by atoms with van der Waals surface area (Å²) >= 11 is 0. The molecule has 1 amide bonds. The van der Waals surface area contributed by atoms with Gasteiger partial charge in [-0.3, -0.25) is 4.79 Å². The molecule has 1 aromatic heterocycles. The molecule has 1 aliphatic heterocycles. The van der Waals surface area contributed by atoms with Crippen molar-refractivity contribution in [3.63, 3.8) is 0 Å². The SMILES string of the molecule is Cc1c(C(=O)NCCCOc2ccc(F)cc2)nnn1C1CCNCC1. The second-order valence-electron chi connectivity index (χ2n) is 6.36. The standard InChI is InChI=1S/C18H24FN5O2/c1-13-17(22-23-24(13)15-7-10-20-11-8-15)18(25)21-9-2-12-26-16-5-3-14(19)4-6-16/h3-6,15,20H,2,7-12H2,1H3,(H,21,25). The average molecular weight is 361 g/mol. The van der Waals surface area contributed by atoms with Gasteiger partial charge in [-0.1, -0.05) is 5.21 Å². The van der Waals surface area contributed by atoms with Gasteiger partial charge in [0.05, 0.1) is 18.3 Å². The van der Waals surface area contributed by atoms with Crippen LogP contribution in [0.5, 0.6) is 5.75 Å². The van der Waals surface area contributed by atoms with E-state index >= 15 is 0 Å². The Morgan fingerprint density at radius 1 is 1.35 bits per heavy atom. The first-order chi connectivity index (χ1) is 12.6. The summed E-state index contributed by atoms with van der Waals surface area (Å²) < 4.78 is 20.2. The predicted molar refractivity (Wildman–Crippen MR) is 94.7 cm³/mol. The number of nitrogens with zero attached hydrogens (tertiary/aromatic N) is 3. The van der Waals surface area contributed by atoms with Crippen molar-refractivity contribution in [1.82, 2.24) is 25.6 Å². The summed E-state index contributed by atoms with van der Waals surface area (Å²) in [5.41, 5.74) is 1.18. The molecule has 8 heteroatoms. The van der Waals surface area contributed by atoms with Crippen molar-refractivity contribution in [2.75, 3.05) is 26.2 Å². The maximum atomic E-state index is 12.8. The van der Waals surface area contributed by atoms with E-state index in [4.69, 9.17) is 4.74 Å². The van der Waals surface area contributed by atoms with Gasteiger partial charge in [0.15, 0.2) is 5.69 Å². The molecular formula is C18H24FN5O2. The van der Waals surface area contributed by atoms with Crippen LogP contribution < -0.4 is 15.4 Å². The maximum absolute atomic E-state index is 12.8. The highest BCUT2D eigenvalue weighted by Crippen LogP contribution is 2.20. The summed E-state index contributed by atoms with van der Waals surface area (Å²) in [6.45, 7) is 4.71. The van der Waals surface area contributed by atoms with Crippen LogP contribution in [0.1, 0.15) is 41.5 Å². The van der Waals surface area contributed by atoms with E-state index in [1.807, 2.05) is 11.6 Å². The second kappa shape index (κ2) is 8.75. The van der Waals surface area contributed by atoms with Gasteiger partial charge in [-0.25, -0.2) is 9.07 Å². The van der Waals surface area contributed by atoms with E-state index in [0.29, 0.717) is 37.1 Å². The minimum Gasteiger partial charge on any atom is -0.494 e. The number of benzene rings is 1. The van der Waals surface area contributed by atoms with Crippen LogP contribution in [0.4, 0.5) is 4.39 Å². The molecule has 2 N–H and O–H groups in total. The van der Waals surface area contributed by atoms with Gasteiger partial charge in [0, 0.05) is 6.54 Å². The Kier molecular flexibility index (Phi) is 6.17. The van der Waals surface area contributed by atoms with Crippen molar-refractivity contribution in [3.05, 3.63) is 41.5 Å². The molecule has 0 radical (unpaired) electrons. The van der Waals surface area contributed by atoms with E-state index < -0.39 is 0 Å². The van der Waals surface area contributed by atoms with Gasteiger partial charge in [0.2, 0.25) is 0 Å². The number of nitrogens with one attached hydrogen (secondary N) is 2. The van der Waals surface area contributed by atoms with E-state index in [0.717, 1.165) is 31.6 Å². The molecule has 1 aliphatic rings. The number of halogens is 1. The van der Waals surface area contributed by atoms with Crippen LogP contribution in [0.2, 0.25) is 0 Å². The quantitative estimate of drug-likeness (QED) is 0.736. The van der Waals surface area contributed by atoms with Gasteiger partial charge in [0.1, 0.15) is 11.6 Å². The maximum Gasteiger partial charge on any atom is 0.273 e. The number of hydrogen-bond donors (Lipinski definition) is 2. The van der Waals surface area contributed by atoms with Crippen molar-refractivity contribution >= 4 is 5.91 Å². The zero-order valence-corrected chi connectivity index (χ0v) is 14.9. The Balaban J connectivity index is 1.43. The molecule has 140 valence electrons. The molecule has 1 fully saturated rings. The molecule has 2 heterocycles. The summed E-state index contributed by atoms with van der Waals surface area (Å²) in [4.78, 5) is 12.3. The third kappa shape index (κ3) is 4.57. The number of piperidine rings is 1. The molecule has 1 saturated heterocycles. The first-order valence-electron chi connectivity index (χ1n) is 8.94. The zero-order chi connectivity index (χ0) is 18.4. The molecule has 7 nitrogen and oxygen atoms in total. The Labute approximate surface area is 151 Å². The summed E-state index contributed by atoms with van der Waals surface area (Å²) in [5, 5.41) is 14.4. The first kappa shape index (κ1) is 18.3. The minimum absolute atomic E-state index is 0.218. The van der Waals surface area contributed by atoms with E-state index in [1.54, 1.807) is 12.1 Å². The fraction of sp³-hybridized carbons (Fsp3) is 0.500. The lowest BCUT2D eigenvalue weighted by Crippen LogP contribution is -2.30. The largest absolute Gasteiger partial charge is 0.494 e. The Morgan fingerprint density at radius 2 is 2.08 bits per heavy atom.